The normalized spacial score (nSPS) is 23.0. The van der Waals surface area contributed by atoms with Gasteiger partial charge in [-0.1, -0.05) is 26.2 Å². The Morgan fingerprint density at radius 3 is 2.86 bits per heavy atom. The zero-order valence-corrected chi connectivity index (χ0v) is 13.8. The van der Waals surface area contributed by atoms with E-state index in [4.69, 9.17) is 5.73 Å². The molecule has 1 aliphatic rings. The number of aromatic nitrogens is 4. The number of benzene rings is 1. The molecule has 1 aliphatic carbocycles. The van der Waals surface area contributed by atoms with Gasteiger partial charge in [-0.3, -0.25) is 0 Å². The Morgan fingerprint density at radius 1 is 1.24 bits per heavy atom. The third-order valence-electron chi connectivity index (χ3n) is 4.38. The van der Waals surface area contributed by atoms with E-state index < -0.39 is 0 Å². The summed E-state index contributed by atoms with van der Waals surface area (Å²) in [6, 6.07) is 6.25. The molecular formula is C15H20BrN5. The zero-order valence-electron chi connectivity index (χ0n) is 12.2. The van der Waals surface area contributed by atoms with Crippen molar-refractivity contribution in [2.75, 3.05) is 5.73 Å². The van der Waals surface area contributed by atoms with Crippen LogP contribution in [0, 0.1) is 5.92 Å². The summed E-state index contributed by atoms with van der Waals surface area (Å²) in [6.45, 7) is 2.30. The Bertz CT molecular complexity index is 624. The van der Waals surface area contributed by atoms with E-state index in [2.05, 4.69) is 38.4 Å². The number of nitrogens with two attached hydrogens (primary N) is 1. The highest BCUT2D eigenvalue weighted by Gasteiger charge is 2.25. The number of halogens is 1. The summed E-state index contributed by atoms with van der Waals surface area (Å²) < 4.78 is 2.90. The predicted octanol–water partition coefficient (Wildman–Crippen LogP) is 3.83. The Balaban J connectivity index is 1.97. The van der Waals surface area contributed by atoms with Crippen molar-refractivity contribution in [1.29, 1.82) is 0 Å². The van der Waals surface area contributed by atoms with E-state index in [1.807, 2.05) is 22.9 Å². The fourth-order valence-corrected chi connectivity index (χ4v) is 3.37. The smallest absolute Gasteiger partial charge is 0.182 e. The second kappa shape index (κ2) is 6.13. The number of tetrazole rings is 1. The molecule has 1 saturated carbocycles. The summed E-state index contributed by atoms with van der Waals surface area (Å²) in [6.07, 6.45) is 6.25. The van der Waals surface area contributed by atoms with Crippen molar-refractivity contribution in [3.63, 3.8) is 0 Å². The second-order valence-corrected chi connectivity index (χ2v) is 6.72. The van der Waals surface area contributed by atoms with Crippen LogP contribution < -0.4 is 5.73 Å². The van der Waals surface area contributed by atoms with Crippen LogP contribution in [0.25, 0.3) is 11.4 Å². The first-order chi connectivity index (χ1) is 10.2. The molecule has 112 valence electrons. The minimum absolute atomic E-state index is 0.377. The number of rotatable bonds is 2. The number of anilines is 1. The molecule has 2 N–H and O–H groups in total. The van der Waals surface area contributed by atoms with Crippen molar-refractivity contribution in [2.24, 2.45) is 5.92 Å². The van der Waals surface area contributed by atoms with Gasteiger partial charge in [0.05, 0.1) is 6.04 Å². The molecule has 3 rings (SSSR count). The van der Waals surface area contributed by atoms with Crippen LogP contribution in [-0.2, 0) is 0 Å². The van der Waals surface area contributed by atoms with Crippen LogP contribution in [0.5, 0.6) is 0 Å². The molecule has 0 radical (unpaired) electrons. The average molecular weight is 350 g/mol. The Morgan fingerprint density at radius 2 is 2.05 bits per heavy atom. The lowest BCUT2D eigenvalue weighted by Crippen LogP contribution is -2.18. The Hall–Kier alpha value is -1.43. The van der Waals surface area contributed by atoms with Gasteiger partial charge < -0.3 is 5.73 Å². The second-order valence-electron chi connectivity index (χ2n) is 5.87. The lowest BCUT2D eigenvalue weighted by atomic mass is 9.97. The van der Waals surface area contributed by atoms with Gasteiger partial charge >= 0.3 is 0 Å². The van der Waals surface area contributed by atoms with Gasteiger partial charge in [-0.05, 0) is 63.3 Å². The number of hydrogen-bond donors (Lipinski definition) is 1. The van der Waals surface area contributed by atoms with Crippen LogP contribution in [-0.4, -0.2) is 20.2 Å². The lowest BCUT2D eigenvalue weighted by Gasteiger charge is -2.22. The topological polar surface area (TPSA) is 69.6 Å². The van der Waals surface area contributed by atoms with E-state index in [1.54, 1.807) is 0 Å². The maximum absolute atomic E-state index is 5.98. The van der Waals surface area contributed by atoms with Crippen molar-refractivity contribution in [2.45, 2.75) is 45.1 Å². The quantitative estimate of drug-likeness (QED) is 0.660. The fraction of sp³-hybridized carbons (Fsp3) is 0.533. The summed E-state index contributed by atoms with van der Waals surface area (Å²) >= 11 is 3.42. The van der Waals surface area contributed by atoms with Gasteiger partial charge in [0.1, 0.15) is 0 Å². The lowest BCUT2D eigenvalue weighted by molar-refractivity contribution is 0.306. The van der Waals surface area contributed by atoms with Crippen LogP contribution in [0.3, 0.4) is 0 Å². The minimum Gasteiger partial charge on any atom is -0.398 e. The molecule has 0 aliphatic heterocycles. The molecule has 1 heterocycles. The summed E-state index contributed by atoms with van der Waals surface area (Å²) in [4.78, 5) is 0. The molecule has 6 heteroatoms. The molecule has 2 unspecified atom stereocenters. The molecule has 2 aromatic rings. The highest BCUT2D eigenvalue weighted by Crippen LogP contribution is 2.34. The highest BCUT2D eigenvalue weighted by molar-refractivity contribution is 9.10. The first kappa shape index (κ1) is 14.5. The summed E-state index contributed by atoms with van der Waals surface area (Å²) in [7, 11) is 0. The number of nitrogen functional groups attached to an aromatic ring is 1. The highest BCUT2D eigenvalue weighted by atomic mass is 79.9. The van der Waals surface area contributed by atoms with E-state index in [0.717, 1.165) is 22.3 Å². The molecule has 21 heavy (non-hydrogen) atoms. The fourth-order valence-electron chi connectivity index (χ4n) is 3.13. The summed E-state index contributed by atoms with van der Waals surface area (Å²) in [5.74, 6) is 1.41. The predicted molar refractivity (Wildman–Crippen MR) is 86.7 cm³/mol. The van der Waals surface area contributed by atoms with Crippen LogP contribution in [0.15, 0.2) is 22.7 Å². The van der Waals surface area contributed by atoms with Crippen LogP contribution in [0.4, 0.5) is 5.69 Å². The van der Waals surface area contributed by atoms with Gasteiger partial charge in [0.25, 0.3) is 0 Å². The maximum atomic E-state index is 5.98. The van der Waals surface area contributed by atoms with Crippen molar-refractivity contribution in [3.05, 3.63) is 22.7 Å². The van der Waals surface area contributed by atoms with E-state index >= 15 is 0 Å². The van der Waals surface area contributed by atoms with Crippen molar-refractivity contribution < 1.29 is 0 Å². The standard InChI is InChI=1S/C15H20BrN5/c1-10-5-3-2-4-6-14(10)21-15(18-19-20-21)11-7-8-12(16)13(17)9-11/h7-10,14H,2-6,17H2,1H3. The van der Waals surface area contributed by atoms with E-state index in [1.165, 1.54) is 25.7 Å². The van der Waals surface area contributed by atoms with E-state index in [9.17, 15) is 0 Å². The van der Waals surface area contributed by atoms with Gasteiger partial charge in [-0.2, -0.15) is 0 Å². The Kier molecular flexibility index (Phi) is 4.24. The van der Waals surface area contributed by atoms with Crippen LogP contribution in [0.1, 0.15) is 45.1 Å². The third-order valence-corrected chi connectivity index (χ3v) is 5.10. The molecule has 0 spiro atoms. The number of hydrogen-bond acceptors (Lipinski definition) is 4. The molecule has 0 saturated heterocycles. The summed E-state index contributed by atoms with van der Waals surface area (Å²) in [5, 5.41) is 12.4. The SMILES string of the molecule is CC1CCCCCC1n1nnnc1-c1ccc(Br)c(N)c1. The van der Waals surface area contributed by atoms with Gasteiger partial charge in [-0.25, -0.2) is 4.68 Å². The van der Waals surface area contributed by atoms with Crippen molar-refractivity contribution >= 4 is 21.6 Å². The molecule has 0 amide bonds. The van der Waals surface area contributed by atoms with Crippen LogP contribution in [0.2, 0.25) is 0 Å². The van der Waals surface area contributed by atoms with Crippen molar-refractivity contribution in [3.8, 4) is 11.4 Å². The molecule has 0 bridgehead atoms. The van der Waals surface area contributed by atoms with E-state index in [0.29, 0.717) is 17.6 Å². The molecule has 1 aromatic carbocycles. The molecule has 1 aromatic heterocycles. The Labute approximate surface area is 133 Å². The van der Waals surface area contributed by atoms with E-state index in [-0.39, 0.29) is 0 Å². The first-order valence-corrected chi connectivity index (χ1v) is 8.29. The zero-order chi connectivity index (χ0) is 14.8. The summed E-state index contributed by atoms with van der Waals surface area (Å²) in [5.41, 5.74) is 7.66. The van der Waals surface area contributed by atoms with Gasteiger partial charge in [0, 0.05) is 15.7 Å². The molecule has 1 fully saturated rings. The first-order valence-electron chi connectivity index (χ1n) is 7.50. The largest absolute Gasteiger partial charge is 0.398 e. The molecule has 5 nitrogen and oxygen atoms in total. The maximum Gasteiger partial charge on any atom is 0.182 e. The van der Waals surface area contributed by atoms with Crippen LogP contribution >= 0.6 is 15.9 Å². The van der Waals surface area contributed by atoms with Gasteiger partial charge in [0.15, 0.2) is 5.82 Å². The number of nitrogens with zero attached hydrogens (tertiary/aromatic N) is 4. The third kappa shape index (κ3) is 2.95. The monoisotopic (exact) mass is 349 g/mol. The van der Waals surface area contributed by atoms with Gasteiger partial charge in [0.2, 0.25) is 0 Å². The van der Waals surface area contributed by atoms with Crippen molar-refractivity contribution in [1.82, 2.24) is 20.2 Å². The average Bonchev–Trinajstić information content (AvgIpc) is 2.85. The minimum atomic E-state index is 0.377. The molecular weight excluding hydrogens is 330 g/mol. The van der Waals surface area contributed by atoms with Gasteiger partial charge in [-0.15, -0.1) is 5.10 Å². The molecule has 2 atom stereocenters.